The molecule has 0 saturated carbocycles. The number of rotatable bonds is 4. The van der Waals surface area contributed by atoms with Crippen LogP contribution in [0.5, 0.6) is 0 Å². The maximum absolute atomic E-state index is 4.75. The van der Waals surface area contributed by atoms with E-state index in [-0.39, 0.29) is 26.2 Å². The molecule has 0 atom stereocenters. The van der Waals surface area contributed by atoms with Crippen molar-refractivity contribution in [1.29, 1.82) is 0 Å². The summed E-state index contributed by atoms with van der Waals surface area (Å²) in [6.07, 6.45) is 0.926. The number of hydrogen-bond acceptors (Lipinski definition) is 1. The van der Waals surface area contributed by atoms with Crippen molar-refractivity contribution in [3.8, 4) is 11.3 Å². The molecule has 0 aliphatic carbocycles. The largest absolute Gasteiger partial charge is 3.00 e. The van der Waals surface area contributed by atoms with Gasteiger partial charge in [0.25, 0.3) is 0 Å². The Morgan fingerprint density at radius 2 is 1.03 bits per heavy atom. The Hall–Kier alpha value is -0.0794. The molecule has 1 radical (unpaired) electrons. The van der Waals surface area contributed by atoms with Crippen molar-refractivity contribution in [2.45, 2.75) is 99.3 Å². The molecule has 0 spiro atoms. The van der Waals surface area contributed by atoms with E-state index in [1.54, 1.807) is 0 Å². The average molecular weight is 650 g/mol. The predicted octanol–water partition coefficient (Wildman–Crippen LogP) is 10.6. The summed E-state index contributed by atoms with van der Waals surface area (Å²) in [5, 5.41) is 4.69. The Kier molecular flexibility index (Phi) is 19.7. The maximum atomic E-state index is 4.75. The number of aryl methyl sites for hydroxylation is 3. The summed E-state index contributed by atoms with van der Waals surface area (Å²) in [5.41, 5.74) is 6.13. The average Bonchev–Trinajstić information content (AvgIpc) is 2.54. The van der Waals surface area contributed by atoms with E-state index in [1.807, 2.05) is 6.07 Å². The van der Waals surface area contributed by atoms with Crippen LogP contribution in [0.15, 0.2) is 30.3 Å². The van der Waals surface area contributed by atoms with Crippen LogP contribution >= 0.6 is 0 Å². The third-order valence-corrected chi connectivity index (χ3v) is 4.49. The fourth-order valence-electron chi connectivity index (χ4n) is 2.55. The molecule has 0 bridgehead atoms. The molecule has 1 heterocycles. The third-order valence-electron chi connectivity index (χ3n) is 3.38. The zero-order valence-electron chi connectivity index (χ0n) is 27.1. The number of hydrogen-bond donors (Lipinski definition) is 0. The molecule has 2 rings (SSSR count). The summed E-state index contributed by atoms with van der Waals surface area (Å²) >= 11 is 0. The molecule has 0 unspecified atom stereocenters. The van der Waals surface area contributed by atoms with Gasteiger partial charge in [-0.3, -0.25) is 0 Å². The molecular formula is C30H58N2Si4Zr-. The number of aromatic nitrogens is 1. The monoisotopic (exact) mass is 648 g/mol. The van der Waals surface area contributed by atoms with Gasteiger partial charge in [0, 0.05) is 8.07 Å². The maximum Gasteiger partial charge on any atom is 3.00 e. The molecule has 0 saturated heterocycles. The first-order valence-electron chi connectivity index (χ1n) is 13.0. The third kappa shape index (κ3) is 32.0. The van der Waals surface area contributed by atoms with Crippen LogP contribution in [-0.4, -0.2) is 43.4 Å². The van der Waals surface area contributed by atoms with Crippen LogP contribution in [-0.2, 0) is 26.2 Å². The number of benzene rings is 1. The van der Waals surface area contributed by atoms with Crippen LogP contribution in [0, 0.1) is 40.4 Å². The minimum atomic E-state index is -1.17. The van der Waals surface area contributed by atoms with E-state index in [4.69, 9.17) is 10.3 Å². The molecular weight excluding hydrogens is 592 g/mol. The van der Waals surface area contributed by atoms with Crippen molar-refractivity contribution in [2.24, 2.45) is 0 Å². The van der Waals surface area contributed by atoms with Crippen molar-refractivity contribution in [1.82, 2.24) is 4.98 Å². The molecule has 1 aromatic carbocycles. The minimum absolute atomic E-state index is 0. The van der Waals surface area contributed by atoms with Gasteiger partial charge in [-0.15, -0.1) is 24.2 Å². The normalized spacial score (nSPS) is 11.4. The van der Waals surface area contributed by atoms with Crippen molar-refractivity contribution in [3.05, 3.63) is 72.0 Å². The van der Waals surface area contributed by atoms with Crippen molar-refractivity contribution in [2.75, 3.05) is 6.17 Å². The Balaban J connectivity index is -0.000000595. The van der Waals surface area contributed by atoms with E-state index in [0.717, 1.165) is 17.7 Å². The van der Waals surface area contributed by atoms with Gasteiger partial charge in [-0.25, -0.2) is 0 Å². The Bertz CT molecular complexity index is 834. The van der Waals surface area contributed by atoms with Gasteiger partial charge in [-0.05, 0) is 43.2 Å². The minimum Gasteiger partial charge on any atom is -0.468 e. The summed E-state index contributed by atoms with van der Waals surface area (Å²) in [6.45, 7) is 45.1. The van der Waals surface area contributed by atoms with Gasteiger partial charge in [0.1, 0.15) is 0 Å². The van der Waals surface area contributed by atoms with Crippen LogP contribution in [0.25, 0.3) is 16.6 Å². The van der Waals surface area contributed by atoms with E-state index < -0.39 is 32.3 Å². The first kappa shape index (κ1) is 41.4. The van der Waals surface area contributed by atoms with Gasteiger partial charge in [-0.1, -0.05) is 126 Å². The zero-order chi connectivity index (χ0) is 29.1. The van der Waals surface area contributed by atoms with Gasteiger partial charge < -0.3 is 29.9 Å². The van der Waals surface area contributed by atoms with Crippen LogP contribution in [0.4, 0.5) is 5.82 Å². The number of pyridine rings is 1. The second-order valence-corrected chi connectivity index (χ2v) is 35.5. The summed E-state index contributed by atoms with van der Waals surface area (Å²) in [5.74, 6) is 0.856. The fourth-order valence-corrected chi connectivity index (χ4v) is 3.19. The van der Waals surface area contributed by atoms with Gasteiger partial charge in [-0.2, -0.15) is 0 Å². The van der Waals surface area contributed by atoms with Gasteiger partial charge in [0.05, 0.1) is 0 Å². The van der Waals surface area contributed by atoms with Gasteiger partial charge in [0.15, 0.2) is 0 Å². The second-order valence-electron chi connectivity index (χ2n) is 14.7. The molecule has 0 N–H and O–H groups in total. The molecule has 0 amide bonds. The molecule has 2 nitrogen and oxygen atoms in total. The Morgan fingerprint density at radius 1 is 0.676 bits per heavy atom. The first-order chi connectivity index (χ1) is 15.8. The SMILES string of the molecule is Cc1cc(C)c(-c2cccc([N-]C[Si](C)(C)C)n2)c(C)c1.[CH2-][Si](C)(C)C.[CH2-][Si](C)(C)C.[CH2-][Si](C)(C)C.[Zr+3]. The molecule has 7 heteroatoms. The first-order valence-corrected chi connectivity index (χ1v) is 27.9. The molecule has 209 valence electrons. The topological polar surface area (TPSA) is 27.0 Å². The molecule has 0 fully saturated rings. The summed E-state index contributed by atoms with van der Waals surface area (Å²) < 4.78 is 0. The van der Waals surface area contributed by atoms with Crippen LogP contribution < -0.4 is 0 Å². The van der Waals surface area contributed by atoms with Crippen LogP contribution in [0.3, 0.4) is 0 Å². The zero-order valence-corrected chi connectivity index (χ0v) is 33.6. The summed E-state index contributed by atoms with van der Waals surface area (Å²) in [6, 6.07) is 10.6. The van der Waals surface area contributed by atoms with Crippen molar-refractivity contribution < 1.29 is 26.2 Å². The van der Waals surface area contributed by atoms with E-state index in [0.29, 0.717) is 0 Å². The van der Waals surface area contributed by atoms with E-state index in [1.165, 1.54) is 22.3 Å². The fraction of sp³-hybridized carbons (Fsp3) is 0.533. The van der Waals surface area contributed by atoms with Crippen LogP contribution in [0.1, 0.15) is 16.7 Å². The summed E-state index contributed by atoms with van der Waals surface area (Å²) in [4.78, 5) is 4.75. The number of nitrogens with zero attached hydrogens (tertiary/aromatic N) is 2. The van der Waals surface area contributed by atoms with E-state index >= 15 is 0 Å². The van der Waals surface area contributed by atoms with Crippen molar-refractivity contribution in [3.63, 3.8) is 0 Å². The molecule has 2 aromatic rings. The van der Waals surface area contributed by atoms with Crippen molar-refractivity contribution >= 4 is 38.1 Å². The molecule has 37 heavy (non-hydrogen) atoms. The second kappa shape index (κ2) is 17.6. The van der Waals surface area contributed by atoms with Gasteiger partial charge in [0.2, 0.25) is 0 Å². The molecule has 0 aliphatic heterocycles. The predicted molar refractivity (Wildman–Crippen MR) is 181 cm³/mol. The smallest absolute Gasteiger partial charge is 0.468 e. The molecule has 0 aliphatic rings. The summed E-state index contributed by atoms with van der Waals surface area (Å²) in [7, 11) is -3.76. The van der Waals surface area contributed by atoms with Gasteiger partial charge >= 0.3 is 26.2 Å². The van der Waals surface area contributed by atoms with E-state index in [9.17, 15) is 0 Å². The molecule has 1 aromatic heterocycles. The Labute approximate surface area is 256 Å². The van der Waals surface area contributed by atoms with Crippen LogP contribution in [0.2, 0.25) is 78.6 Å². The standard InChI is InChI=1S/C18H25N2Si.3C4H11Si.Zr/c1-13-10-14(2)18(15(3)11-13)16-8-7-9-17(20-16)19-12-21(4,5)6;3*1-5(2,3)4;/h7-11H,12H2,1-6H3;3*1H2,2-4H3;/q4*-1;+3. The van der Waals surface area contributed by atoms with E-state index in [2.05, 4.69) is 143 Å². The Morgan fingerprint density at radius 3 is 1.35 bits per heavy atom. The quantitative estimate of drug-likeness (QED) is 0.239.